The van der Waals surface area contributed by atoms with Gasteiger partial charge in [0.15, 0.2) is 11.5 Å². The molecule has 0 aromatic heterocycles. The number of methoxy groups -OCH3 is 2. The minimum Gasteiger partial charge on any atom is -0.497 e. The number of benzene rings is 4. The first kappa shape index (κ1) is 33.1. The van der Waals surface area contributed by atoms with Crippen molar-refractivity contribution in [1.82, 2.24) is 5.43 Å². The van der Waals surface area contributed by atoms with Crippen LogP contribution in [-0.4, -0.2) is 41.3 Å². The first-order valence-corrected chi connectivity index (χ1v) is 16.0. The van der Waals surface area contributed by atoms with Crippen LogP contribution >= 0.6 is 39.1 Å². The molecule has 0 aliphatic heterocycles. The average Bonchev–Trinajstić information content (AvgIpc) is 3.00. The van der Waals surface area contributed by atoms with Crippen molar-refractivity contribution in [3.05, 3.63) is 110 Å². The molecule has 9 nitrogen and oxygen atoms in total. The number of hydrogen-bond donors (Lipinski definition) is 1. The van der Waals surface area contributed by atoms with E-state index in [0.29, 0.717) is 37.3 Å². The molecule has 44 heavy (non-hydrogen) atoms. The number of ether oxygens (including phenoxy) is 3. The minimum atomic E-state index is -4.10. The highest BCUT2D eigenvalue weighted by Crippen LogP contribution is 2.37. The summed E-state index contributed by atoms with van der Waals surface area (Å²) < 4.78 is 45.5. The number of aryl methyl sites for hydroxylation is 1. The van der Waals surface area contributed by atoms with Gasteiger partial charge in [-0.2, -0.15) is 5.10 Å². The van der Waals surface area contributed by atoms with E-state index in [4.69, 9.17) is 37.4 Å². The highest BCUT2D eigenvalue weighted by molar-refractivity contribution is 9.10. The van der Waals surface area contributed by atoms with Crippen LogP contribution in [0.4, 0.5) is 5.69 Å². The second-order valence-electron chi connectivity index (χ2n) is 9.38. The quantitative estimate of drug-likeness (QED) is 0.125. The summed E-state index contributed by atoms with van der Waals surface area (Å²) in [6.07, 6.45) is 1.40. The minimum absolute atomic E-state index is 0.0415. The molecule has 0 aliphatic rings. The first-order chi connectivity index (χ1) is 21.0. The molecule has 0 atom stereocenters. The van der Waals surface area contributed by atoms with Gasteiger partial charge in [-0.25, -0.2) is 13.8 Å². The molecule has 0 saturated carbocycles. The van der Waals surface area contributed by atoms with Gasteiger partial charge in [0.1, 0.15) is 18.9 Å². The lowest BCUT2D eigenvalue weighted by atomic mass is 10.2. The van der Waals surface area contributed by atoms with Gasteiger partial charge in [0.25, 0.3) is 15.9 Å². The predicted octanol–water partition coefficient (Wildman–Crippen LogP) is 7.01. The Kier molecular flexibility index (Phi) is 11.1. The van der Waals surface area contributed by atoms with Gasteiger partial charge in [-0.3, -0.25) is 9.10 Å². The van der Waals surface area contributed by atoms with Crippen LogP contribution < -0.4 is 23.9 Å². The predicted molar refractivity (Wildman–Crippen MR) is 176 cm³/mol. The largest absolute Gasteiger partial charge is 0.497 e. The Balaban J connectivity index is 1.50. The number of nitrogens with zero attached hydrogens (tertiary/aromatic N) is 2. The normalized spacial score (nSPS) is 11.3. The lowest BCUT2D eigenvalue weighted by Gasteiger charge is -2.24. The van der Waals surface area contributed by atoms with Crippen molar-refractivity contribution < 1.29 is 27.4 Å². The van der Waals surface area contributed by atoms with Crippen LogP contribution in [0.25, 0.3) is 0 Å². The lowest BCUT2D eigenvalue weighted by molar-refractivity contribution is -0.119. The maximum atomic E-state index is 13.6. The summed E-state index contributed by atoms with van der Waals surface area (Å²) in [7, 11) is -1.14. The Bertz CT molecular complexity index is 1790. The number of hydrazone groups is 1. The lowest BCUT2D eigenvalue weighted by Crippen LogP contribution is -2.39. The Morgan fingerprint density at radius 2 is 1.75 bits per heavy atom. The fourth-order valence-electron chi connectivity index (χ4n) is 4.01. The Morgan fingerprint density at radius 3 is 2.43 bits per heavy atom. The molecule has 0 spiro atoms. The fourth-order valence-corrected chi connectivity index (χ4v) is 6.46. The van der Waals surface area contributed by atoms with E-state index in [1.807, 2.05) is 6.92 Å². The fraction of sp³-hybridized carbons (Fsp3) is 0.161. The molecule has 4 aromatic carbocycles. The van der Waals surface area contributed by atoms with Gasteiger partial charge >= 0.3 is 0 Å². The first-order valence-electron chi connectivity index (χ1n) is 13.0. The summed E-state index contributed by atoms with van der Waals surface area (Å²) >= 11 is 15.7. The van der Waals surface area contributed by atoms with Gasteiger partial charge in [-0.05, 0) is 76.9 Å². The van der Waals surface area contributed by atoms with E-state index in [9.17, 15) is 13.2 Å². The van der Waals surface area contributed by atoms with Crippen molar-refractivity contribution in [2.24, 2.45) is 5.10 Å². The monoisotopic (exact) mass is 719 g/mol. The molecule has 13 heteroatoms. The molecule has 0 heterocycles. The van der Waals surface area contributed by atoms with Crippen LogP contribution in [0.3, 0.4) is 0 Å². The molecule has 0 unspecified atom stereocenters. The van der Waals surface area contributed by atoms with E-state index in [0.717, 1.165) is 15.4 Å². The molecule has 230 valence electrons. The number of carbonyl (C=O) groups is 1. The molecule has 0 saturated heterocycles. The summed E-state index contributed by atoms with van der Waals surface area (Å²) in [6, 6.07) is 21.3. The SMILES string of the molecule is COc1cccc(N(CC(=O)N/N=C\c2cc(Br)c(OCc3ccc(Cl)cc3Cl)c(OC)c2)S(=O)(=O)c2ccc(C)cc2)c1. The molecule has 0 aliphatic carbocycles. The Morgan fingerprint density at radius 1 is 1.00 bits per heavy atom. The number of amides is 1. The third-order valence-electron chi connectivity index (χ3n) is 6.28. The van der Waals surface area contributed by atoms with Crippen molar-refractivity contribution in [2.75, 3.05) is 25.1 Å². The Hall–Kier alpha value is -3.77. The zero-order valence-electron chi connectivity index (χ0n) is 23.9. The number of carbonyl (C=O) groups excluding carboxylic acids is 1. The van der Waals surface area contributed by atoms with Crippen LogP contribution in [0, 0.1) is 6.92 Å². The molecular formula is C31H28BrCl2N3O6S. The Labute approximate surface area is 274 Å². The number of sulfonamides is 1. The van der Waals surface area contributed by atoms with Gasteiger partial charge in [0.05, 0.1) is 35.5 Å². The van der Waals surface area contributed by atoms with E-state index in [1.165, 1.54) is 38.6 Å². The van der Waals surface area contributed by atoms with Gasteiger partial charge in [0.2, 0.25) is 0 Å². The molecule has 4 rings (SSSR count). The third-order valence-corrected chi connectivity index (χ3v) is 9.24. The van der Waals surface area contributed by atoms with E-state index in [-0.39, 0.29) is 17.2 Å². The summed E-state index contributed by atoms with van der Waals surface area (Å²) in [5.74, 6) is 0.624. The number of anilines is 1. The van der Waals surface area contributed by atoms with Crippen LogP contribution in [0.15, 0.2) is 93.3 Å². The molecule has 1 amide bonds. The highest BCUT2D eigenvalue weighted by Gasteiger charge is 2.27. The van der Waals surface area contributed by atoms with Crippen LogP contribution in [0.5, 0.6) is 17.2 Å². The molecule has 4 aromatic rings. The summed E-state index contributed by atoms with van der Waals surface area (Å²) in [6.45, 7) is 1.49. The number of halogens is 3. The van der Waals surface area contributed by atoms with Crippen molar-refractivity contribution in [3.63, 3.8) is 0 Å². The van der Waals surface area contributed by atoms with Crippen molar-refractivity contribution in [3.8, 4) is 17.2 Å². The van der Waals surface area contributed by atoms with Crippen LogP contribution in [0.2, 0.25) is 10.0 Å². The van der Waals surface area contributed by atoms with E-state index >= 15 is 0 Å². The van der Waals surface area contributed by atoms with Crippen LogP contribution in [-0.2, 0) is 21.4 Å². The summed E-state index contributed by atoms with van der Waals surface area (Å²) in [4.78, 5) is 13.0. The van der Waals surface area contributed by atoms with Crippen molar-refractivity contribution in [2.45, 2.75) is 18.4 Å². The zero-order chi connectivity index (χ0) is 31.9. The number of rotatable bonds is 12. The smallest absolute Gasteiger partial charge is 0.264 e. The van der Waals surface area contributed by atoms with Gasteiger partial charge in [-0.1, -0.05) is 53.0 Å². The molecule has 0 bridgehead atoms. The van der Waals surface area contributed by atoms with E-state index < -0.39 is 22.5 Å². The average molecular weight is 721 g/mol. The molecule has 0 radical (unpaired) electrons. The van der Waals surface area contributed by atoms with Gasteiger partial charge in [-0.15, -0.1) is 0 Å². The maximum Gasteiger partial charge on any atom is 0.264 e. The number of hydrogen-bond acceptors (Lipinski definition) is 7. The van der Waals surface area contributed by atoms with Crippen molar-refractivity contribution >= 4 is 67.0 Å². The maximum absolute atomic E-state index is 13.6. The van der Waals surface area contributed by atoms with Gasteiger partial charge < -0.3 is 14.2 Å². The van der Waals surface area contributed by atoms with Crippen molar-refractivity contribution in [1.29, 1.82) is 0 Å². The standard InChI is InChI=1S/C31H28BrCl2N3O6S/c1-20-7-11-26(12-8-20)44(39,40)37(24-5-4-6-25(16-24)41-2)18-30(38)36-35-17-21-13-27(32)31(29(14-21)42-3)43-19-22-9-10-23(33)15-28(22)34/h4-17H,18-19H2,1-3H3,(H,36,38)/b35-17-. The second kappa shape index (κ2) is 14.8. The van der Waals surface area contributed by atoms with Crippen LogP contribution in [0.1, 0.15) is 16.7 Å². The van der Waals surface area contributed by atoms with Gasteiger partial charge in [0, 0.05) is 21.7 Å². The molecule has 0 fully saturated rings. The van der Waals surface area contributed by atoms with E-state index in [2.05, 4.69) is 26.5 Å². The third kappa shape index (κ3) is 8.23. The summed E-state index contributed by atoms with van der Waals surface area (Å²) in [5.41, 5.74) is 4.87. The topological polar surface area (TPSA) is 107 Å². The summed E-state index contributed by atoms with van der Waals surface area (Å²) in [5, 5.41) is 5.03. The highest BCUT2D eigenvalue weighted by atomic mass is 79.9. The molecule has 1 N–H and O–H groups in total. The molecular weight excluding hydrogens is 693 g/mol. The zero-order valence-corrected chi connectivity index (χ0v) is 27.8. The van der Waals surface area contributed by atoms with E-state index in [1.54, 1.807) is 60.7 Å². The second-order valence-corrected chi connectivity index (χ2v) is 12.9. The number of nitrogens with one attached hydrogen (secondary N) is 1.